The van der Waals surface area contributed by atoms with Crippen molar-refractivity contribution in [3.8, 4) is 0 Å². The van der Waals surface area contributed by atoms with Crippen LogP contribution in [0.15, 0.2) is 17.5 Å². The summed E-state index contributed by atoms with van der Waals surface area (Å²) in [6, 6.07) is 3.31. The third-order valence-corrected chi connectivity index (χ3v) is 3.33. The van der Waals surface area contributed by atoms with Crippen LogP contribution in [0.4, 0.5) is 0 Å². The van der Waals surface area contributed by atoms with Gasteiger partial charge in [0.2, 0.25) is 0 Å². The molecule has 0 spiro atoms. The Morgan fingerprint density at radius 3 is 2.64 bits per heavy atom. The fourth-order valence-electron chi connectivity index (χ4n) is 0.625. The monoisotopic (exact) mass is 193 g/mol. The first kappa shape index (κ1) is 8.90. The third kappa shape index (κ3) is 2.12. The van der Waals surface area contributed by atoms with Gasteiger partial charge in [0.1, 0.15) is 5.78 Å². The molecule has 1 aromatic rings. The number of nitrogens with two attached hydrogens (primary N) is 1. The lowest BCUT2D eigenvalue weighted by Gasteiger charge is -2.10. The number of thiophene rings is 1. The standard InChI is InChI=1S/C5H8NO3PS/c6-5(10(7,8)9)4-2-1-3-11-4/h1-3,5H,6H2,(H2,7,8,9)/t5-/m0/s1. The van der Waals surface area contributed by atoms with Gasteiger partial charge >= 0.3 is 7.60 Å². The Morgan fingerprint density at radius 2 is 2.27 bits per heavy atom. The van der Waals surface area contributed by atoms with Gasteiger partial charge in [-0.15, -0.1) is 11.3 Å². The highest BCUT2D eigenvalue weighted by Crippen LogP contribution is 2.49. The molecule has 0 aliphatic heterocycles. The van der Waals surface area contributed by atoms with E-state index in [4.69, 9.17) is 15.5 Å². The van der Waals surface area contributed by atoms with E-state index >= 15 is 0 Å². The van der Waals surface area contributed by atoms with Gasteiger partial charge in [0.15, 0.2) is 0 Å². The second kappa shape index (κ2) is 3.05. The molecular weight excluding hydrogens is 185 g/mol. The minimum atomic E-state index is -4.16. The maximum atomic E-state index is 10.6. The van der Waals surface area contributed by atoms with E-state index in [0.29, 0.717) is 4.88 Å². The van der Waals surface area contributed by atoms with Crippen LogP contribution < -0.4 is 5.73 Å². The van der Waals surface area contributed by atoms with Crippen LogP contribution in [0.25, 0.3) is 0 Å². The third-order valence-electron chi connectivity index (χ3n) is 1.20. The molecule has 0 amide bonds. The Morgan fingerprint density at radius 1 is 1.64 bits per heavy atom. The second-order valence-corrected chi connectivity index (χ2v) is 4.76. The lowest BCUT2D eigenvalue weighted by Crippen LogP contribution is -2.08. The van der Waals surface area contributed by atoms with Crippen molar-refractivity contribution in [2.45, 2.75) is 5.78 Å². The van der Waals surface area contributed by atoms with Crippen molar-refractivity contribution >= 4 is 18.9 Å². The minimum Gasteiger partial charge on any atom is -0.323 e. The highest BCUT2D eigenvalue weighted by atomic mass is 32.1. The molecule has 1 aromatic heterocycles. The van der Waals surface area contributed by atoms with Crippen LogP contribution in [0, 0.1) is 0 Å². The zero-order chi connectivity index (χ0) is 8.48. The first-order valence-electron chi connectivity index (χ1n) is 2.86. The molecule has 0 aromatic carbocycles. The van der Waals surface area contributed by atoms with Crippen LogP contribution in [-0.2, 0) is 4.57 Å². The molecule has 11 heavy (non-hydrogen) atoms. The van der Waals surface area contributed by atoms with Crippen molar-refractivity contribution in [3.05, 3.63) is 22.4 Å². The summed E-state index contributed by atoms with van der Waals surface area (Å²) < 4.78 is 10.6. The average molecular weight is 193 g/mol. The Kier molecular flexibility index (Phi) is 2.47. The summed E-state index contributed by atoms with van der Waals surface area (Å²) in [5.41, 5.74) is 5.26. The Labute approximate surface area is 67.8 Å². The van der Waals surface area contributed by atoms with E-state index in [-0.39, 0.29) is 0 Å². The van der Waals surface area contributed by atoms with Gasteiger partial charge in [0, 0.05) is 4.88 Å². The normalized spacial score (nSPS) is 14.8. The Bertz CT molecular complexity index is 267. The van der Waals surface area contributed by atoms with Crippen molar-refractivity contribution < 1.29 is 14.4 Å². The molecule has 0 radical (unpaired) electrons. The molecule has 0 unspecified atom stereocenters. The largest absolute Gasteiger partial charge is 0.347 e. The van der Waals surface area contributed by atoms with E-state index in [1.807, 2.05) is 0 Å². The molecule has 4 N–H and O–H groups in total. The molecule has 6 heteroatoms. The lowest BCUT2D eigenvalue weighted by atomic mass is 10.5. The van der Waals surface area contributed by atoms with Crippen LogP contribution in [0.5, 0.6) is 0 Å². The van der Waals surface area contributed by atoms with Crippen LogP contribution in [0.3, 0.4) is 0 Å². The highest BCUT2D eigenvalue weighted by Gasteiger charge is 2.26. The smallest absolute Gasteiger partial charge is 0.323 e. The summed E-state index contributed by atoms with van der Waals surface area (Å²) in [7, 11) is -4.16. The summed E-state index contributed by atoms with van der Waals surface area (Å²) in [5.74, 6) is -1.16. The van der Waals surface area contributed by atoms with E-state index in [2.05, 4.69) is 0 Å². The zero-order valence-electron chi connectivity index (χ0n) is 5.54. The van der Waals surface area contributed by atoms with Gasteiger partial charge < -0.3 is 15.5 Å². The molecular formula is C5H8NO3PS. The highest BCUT2D eigenvalue weighted by molar-refractivity contribution is 7.52. The maximum Gasteiger partial charge on any atom is 0.347 e. The molecule has 0 saturated carbocycles. The van der Waals surface area contributed by atoms with Crippen molar-refractivity contribution in [2.75, 3.05) is 0 Å². The first-order valence-corrected chi connectivity index (χ1v) is 5.42. The Balaban J connectivity index is 2.87. The van der Waals surface area contributed by atoms with E-state index in [0.717, 1.165) is 0 Å². The molecule has 1 rings (SSSR count). The molecule has 62 valence electrons. The van der Waals surface area contributed by atoms with Crippen LogP contribution in [0.1, 0.15) is 10.7 Å². The minimum absolute atomic E-state index is 0.512. The summed E-state index contributed by atoms with van der Waals surface area (Å²) in [5, 5.41) is 1.73. The number of rotatable bonds is 2. The fraction of sp³-hybridized carbons (Fsp3) is 0.200. The van der Waals surface area contributed by atoms with Crippen LogP contribution in [0.2, 0.25) is 0 Å². The summed E-state index contributed by atoms with van der Waals surface area (Å²) in [4.78, 5) is 17.8. The van der Waals surface area contributed by atoms with Gasteiger partial charge in [-0.25, -0.2) is 0 Å². The number of hydrogen-bond donors (Lipinski definition) is 3. The average Bonchev–Trinajstić information content (AvgIpc) is 2.34. The SMILES string of the molecule is N[C@H](c1cccs1)P(=O)(O)O. The Hall–Kier alpha value is -0.190. The van der Waals surface area contributed by atoms with E-state index < -0.39 is 13.4 Å². The maximum absolute atomic E-state index is 10.6. The summed E-state index contributed by atoms with van der Waals surface area (Å²) in [6.07, 6.45) is 0. The molecule has 0 bridgehead atoms. The van der Waals surface area contributed by atoms with Gasteiger partial charge in [-0.3, -0.25) is 4.57 Å². The predicted molar refractivity (Wildman–Crippen MR) is 43.3 cm³/mol. The lowest BCUT2D eigenvalue weighted by molar-refractivity contribution is 0.360. The van der Waals surface area contributed by atoms with Crippen LogP contribution in [-0.4, -0.2) is 9.79 Å². The molecule has 0 aliphatic carbocycles. The summed E-state index contributed by atoms with van der Waals surface area (Å²) in [6.45, 7) is 0. The van der Waals surface area contributed by atoms with E-state index in [1.165, 1.54) is 11.3 Å². The second-order valence-electron chi connectivity index (χ2n) is 2.05. The summed E-state index contributed by atoms with van der Waals surface area (Å²) >= 11 is 1.24. The molecule has 0 saturated heterocycles. The van der Waals surface area contributed by atoms with Gasteiger partial charge in [-0.05, 0) is 11.4 Å². The van der Waals surface area contributed by atoms with Crippen molar-refractivity contribution in [1.82, 2.24) is 0 Å². The molecule has 0 fully saturated rings. The number of hydrogen-bond acceptors (Lipinski definition) is 3. The molecule has 0 aliphatic rings. The first-order chi connectivity index (χ1) is 5.02. The molecule has 4 nitrogen and oxygen atoms in total. The van der Waals surface area contributed by atoms with Crippen molar-refractivity contribution in [3.63, 3.8) is 0 Å². The quantitative estimate of drug-likeness (QED) is 0.609. The van der Waals surface area contributed by atoms with Crippen molar-refractivity contribution in [1.29, 1.82) is 0 Å². The molecule has 1 atom stereocenters. The van der Waals surface area contributed by atoms with Gasteiger partial charge in [0.25, 0.3) is 0 Å². The molecule has 1 heterocycles. The topological polar surface area (TPSA) is 83.6 Å². The van der Waals surface area contributed by atoms with E-state index in [9.17, 15) is 4.57 Å². The van der Waals surface area contributed by atoms with E-state index in [1.54, 1.807) is 17.5 Å². The van der Waals surface area contributed by atoms with Gasteiger partial charge in [0.05, 0.1) is 0 Å². The van der Waals surface area contributed by atoms with Gasteiger partial charge in [-0.1, -0.05) is 6.07 Å². The zero-order valence-corrected chi connectivity index (χ0v) is 7.26. The van der Waals surface area contributed by atoms with Crippen molar-refractivity contribution in [2.24, 2.45) is 5.73 Å². The predicted octanol–water partition coefficient (Wildman–Crippen LogP) is 0.883. The fourth-order valence-corrected chi connectivity index (χ4v) is 2.25. The van der Waals surface area contributed by atoms with Crippen LogP contribution >= 0.6 is 18.9 Å². The van der Waals surface area contributed by atoms with Gasteiger partial charge in [-0.2, -0.15) is 0 Å².